The van der Waals surface area contributed by atoms with Crippen molar-refractivity contribution in [1.82, 2.24) is 10.3 Å². The standard InChI is InChI=1S/C20H18N2O3S/c1-14(18(23)21-12-15-8-4-2-5-9-15)25-20(24)17-13-26-19(22-17)16-10-6-3-7-11-16/h2-11,13-14H,12H2,1H3,(H,21,23)/t14-/m1/s1. The van der Waals surface area contributed by atoms with Crippen molar-refractivity contribution in [3.63, 3.8) is 0 Å². The Hall–Kier alpha value is -2.99. The fourth-order valence-corrected chi connectivity index (χ4v) is 3.08. The van der Waals surface area contributed by atoms with Crippen LogP contribution in [0.2, 0.25) is 0 Å². The molecule has 2 aromatic carbocycles. The van der Waals surface area contributed by atoms with Crippen LogP contribution in [0, 0.1) is 0 Å². The maximum absolute atomic E-state index is 12.2. The molecule has 0 unspecified atom stereocenters. The highest BCUT2D eigenvalue weighted by Gasteiger charge is 2.20. The lowest BCUT2D eigenvalue weighted by Crippen LogP contribution is -2.35. The molecule has 3 rings (SSSR count). The lowest BCUT2D eigenvalue weighted by Gasteiger charge is -2.12. The van der Waals surface area contributed by atoms with Crippen LogP contribution in [0.25, 0.3) is 10.6 Å². The van der Waals surface area contributed by atoms with Gasteiger partial charge in [-0.05, 0) is 12.5 Å². The summed E-state index contributed by atoms with van der Waals surface area (Å²) >= 11 is 1.36. The van der Waals surface area contributed by atoms with E-state index >= 15 is 0 Å². The number of aromatic nitrogens is 1. The Labute approximate surface area is 155 Å². The smallest absolute Gasteiger partial charge is 0.358 e. The minimum atomic E-state index is -0.895. The SMILES string of the molecule is C[C@@H](OC(=O)c1csc(-c2ccccc2)n1)C(=O)NCc1ccccc1. The van der Waals surface area contributed by atoms with E-state index in [0.717, 1.165) is 16.1 Å². The molecule has 132 valence electrons. The Morgan fingerprint density at radius 1 is 1.08 bits per heavy atom. The van der Waals surface area contributed by atoms with Crippen molar-refractivity contribution in [1.29, 1.82) is 0 Å². The summed E-state index contributed by atoms with van der Waals surface area (Å²) in [6.45, 7) is 1.93. The largest absolute Gasteiger partial charge is 0.448 e. The second-order valence-corrected chi connectivity index (χ2v) is 6.51. The predicted molar refractivity (Wildman–Crippen MR) is 101 cm³/mol. The number of nitrogens with one attached hydrogen (secondary N) is 1. The molecule has 0 bridgehead atoms. The van der Waals surface area contributed by atoms with Crippen molar-refractivity contribution < 1.29 is 14.3 Å². The summed E-state index contributed by atoms with van der Waals surface area (Å²) in [5, 5.41) is 5.13. The number of benzene rings is 2. The minimum Gasteiger partial charge on any atom is -0.448 e. The zero-order valence-corrected chi connectivity index (χ0v) is 15.0. The van der Waals surface area contributed by atoms with Crippen molar-refractivity contribution in [2.45, 2.75) is 19.6 Å². The van der Waals surface area contributed by atoms with Gasteiger partial charge in [-0.1, -0.05) is 60.7 Å². The molecule has 0 aliphatic heterocycles. The molecular formula is C20H18N2O3S. The van der Waals surface area contributed by atoms with Crippen molar-refractivity contribution in [3.8, 4) is 10.6 Å². The Kier molecular flexibility index (Phi) is 5.76. The summed E-state index contributed by atoms with van der Waals surface area (Å²) in [5.74, 6) is -0.952. The highest BCUT2D eigenvalue weighted by atomic mass is 32.1. The number of amides is 1. The molecule has 1 N–H and O–H groups in total. The monoisotopic (exact) mass is 366 g/mol. The van der Waals surface area contributed by atoms with E-state index in [0.29, 0.717) is 6.54 Å². The van der Waals surface area contributed by atoms with Gasteiger partial charge in [-0.25, -0.2) is 9.78 Å². The van der Waals surface area contributed by atoms with Gasteiger partial charge in [0.05, 0.1) is 0 Å². The van der Waals surface area contributed by atoms with Crippen LogP contribution in [0.4, 0.5) is 0 Å². The van der Waals surface area contributed by atoms with E-state index in [1.54, 1.807) is 12.3 Å². The lowest BCUT2D eigenvalue weighted by molar-refractivity contribution is -0.129. The predicted octanol–water partition coefficient (Wildman–Crippen LogP) is 3.67. The molecule has 1 aromatic heterocycles. The first-order chi connectivity index (χ1) is 12.6. The van der Waals surface area contributed by atoms with Gasteiger partial charge in [0, 0.05) is 17.5 Å². The second-order valence-electron chi connectivity index (χ2n) is 5.65. The highest BCUT2D eigenvalue weighted by molar-refractivity contribution is 7.13. The zero-order valence-electron chi connectivity index (χ0n) is 14.2. The summed E-state index contributed by atoms with van der Waals surface area (Å²) in [6.07, 6.45) is -0.895. The highest BCUT2D eigenvalue weighted by Crippen LogP contribution is 2.23. The third kappa shape index (κ3) is 4.55. The van der Waals surface area contributed by atoms with E-state index in [4.69, 9.17) is 4.74 Å². The van der Waals surface area contributed by atoms with Crippen LogP contribution in [0.1, 0.15) is 23.0 Å². The average molecular weight is 366 g/mol. The van der Waals surface area contributed by atoms with Gasteiger partial charge >= 0.3 is 5.97 Å². The van der Waals surface area contributed by atoms with Crippen molar-refractivity contribution in [2.75, 3.05) is 0 Å². The molecular weight excluding hydrogens is 348 g/mol. The van der Waals surface area contributed by atoms with E-state index in [1.165, 1.54) is 11.3 Å². The first kappa shape index (κ1) is 17.8. The number of hydrogen-bond donors (Lipinski definition) is 1. The Morgan fingerprint density at radius 3 is 2.42 bits per heavy atom. The van der Waals surface area contributed by atoms with Crippen molar-refractivity contribution in [3.05, 3.63) is 77.3 Å². The van der Waals surface area contributed by atoms with E-state index in [-0.39, 0.29) is 11.6 Å². The maximum Gasteiger partial charge on any atom is 0.358 e. The second kappa shape index (κ2) is 8.40. The first-order valence-corrected chi connectivity index (χ1v) is 9.05. The summed E-state index contributed by atoms with van der Waals surface area (Å²) < 4.78 is 5.23. The molecule has 0 spiro atoms. The number of ether oxygens (including phenoxy) is 1. The van der Waals surface area contributed by atoms with E-state index < -0.39 is 12.1 Å². The third-order valence-electron chi connectivity index (χ3n) is 3.70. The van der Waals surface area contributed by atoms with Gasteiger partial charge < -0.3 is 10.1 Å². The minimum absolute atomic E-state index is 0.205. The molecule has 0 aliphatic carbocycles. The van der Waals surface area contributed by atoms with Crippen LogP contribution in [-0.4, -0.2) is 23.0 Å². The number of nitrogens with zero attached hydrogens (tertiary/aromatic N) is 1. The lowest BCUT2D eigenvalue weighted by atomic mass is 10.2. The Bertz CT molecular complexity index is 878. The molecule has 1 heterocycles. The molecule has 1 atom stereocenters. The molecule has 0 fully saturated rings. The van der Waals surface area contributed by atoms with Crippen LogP contribution in [0.15, 0.2) is 66.0 Å². The molecule has 1 amide bonds. The summed E-state index contributed by atoms with van der Waals surface area (Å²) in [5.41, 5.74) is 2.12. The Morgan fingerprint density at radius 2 is 1.73 bits per heavy atom. The third-order valence-corrected chi connectivity index (χ3v) is 4.59. The number of rotatable bonds is 6. The number of carbonyl (C=O) groups is 2. The average Bonchev–Trinajstić information content (AvgIpc) is 3.18. The summed E-state index contributed by atoms with van der Waals surface area (Å²) in [6, 6.07) is 19.1. The van der Waals surface area contributed by atoms with Crippen LogP contribution < -0.4 is 5.32 Å². The number of thiazole rings is 1. The van der Waals surface area contributed by atoms with Gasteiger partial charge in [0.15, 0.2) is 11.8 Å². The first-order valence-electron chi connectivity index (χ1n) is 8.17. The normalized spacial score (nSPS) is 11.6. The van der Waals surface area contributed by atoms with Gasteiger partial charge in [-0.2, -0.15) is 0 Å². The van der Waals surface area contributed by atoms with Gasteiger partial charge in [0.1, 0.15) is 5.01 Å². The fourth-order valence-electron chi connectivity index (χ4n) is 2.28. The zero-order chi connectivity index (χ0) is 18.4. The van der Waals surface area contributed by atoms with Crippen LogP contribution in [0.3, 0.4) is 0 Å². The van der Waals surface area contributed by atoms with Gasteiger partial charge in [-0.3, -0.25) is 4.79 Å². The molecule has 0 aliphatic rings. The van der Waals surface area contributed by atoms with Crippen LogP contribution in [-0.2, 0) is 16.1 Å². The summed E-state index contributed by atoms with van der Waals surface area (Å²) in [7, 11) is 0. The van der Waals surface area contributed by atoms with Crippen molar-refractivity contribution in [2.24, 2.45) is 0 Å². The fraction of sp³-hybridized carbons (Fsp3) is 0.150. The molecule has 3 aromatic rings. The van der Waals surface area contributed by atoms with Gasteiger partial charge in [0.25, 0.3) is 5.91 Å². The van der Waals surface area contributed by atoms with E-state index in [9.17, 15) is 9.59 Å². The molecule has 5 nitrogen and oxygen atoms in total. The van der Waals surface area contributed by atoms with Crippen LogP contribution >= 0.6 is 11.3 Å². The molecule has 26 heavy (non-hydrogen) atoms. The molecule has 0 saturated heterocycles. The maximum atomic E-state index is 12.2. The topological polar surface area (TPSA) is 68.3 Å². The molecule has 0 radical (unpaired) electrons. The number of esters is 1. The van der Waals surface area contributed by atoms with E-state index in [1.807, 2.05) is 60.7 Å². The number of carbonyl (C=O) groups excluding carboxylic acids is 2. The number of hydrogen-bond acceptors (Lipinski definition) is 5. The van der Waals surface area contributed by atoms with Gasteiger partial charge in [0.2, 0.25) is 0 Å². The van der Waals surface area contributed by atoms with Crippen LogP contribution in [0.5, 0.6) is 0 Å². The van der Waals surface area contributed by atoms with E-state index in [2.05, 4.69) is 10.3 Å². The van der Waals surface area contributed by atoms with Gasteiger partial charge in [-0.15, -0.1) is 11.3 Å². The Balaban J connectivity index is 1.55. The van der Waals surface area contributed by atoms with Crippen molar-refractivity contribution >= 4 is 23.2 Å². The summed E-state index contributed by atoms with van der Waals surface area (Å²) in [4.78, 5) is 28.6. The molecule has 0 saturated carbocycles. The molecule has 6 heteroatoms. The quantitative estimate of drug-likeness (QED) is 0.676.